The summed E-state index contributed by atoms with van der Waals surface area (Å²) in [6, 6.07) is 4.18. The van der Waals surface area contributed by atoms with Gasteiger partial charge in [-0.1, -0.05) is 23.2 Å². The van der Waals surface area contributed by atoms with Gasteiger partial charge in [-0.05, 0) is 24.3 Å². The molecule has 0 spiro atoms. The molecule has 0 bridgehead atoms. The average molecular weight is 433 g/mol. The Kier molecular flexibility index (Phi) is 5.54. The number of anilines is 4. The molecule has 0 saturated heterocycles. The zero-order valence-corrected chi connectivity index (χ0v) is 15.5. The van der Waals surface area contributed by atoms with Gasteiger partial charge in [0.2, 0.25) is 6.41 Å². The number of nitrogens with zero attached hydrogens (tertiary/aromatic N) is 3. The quantitative estimate of drug-likeness (QED) is 0.509. The van der Waals surface area contributed by atoms with Gasteiger partial charge in [-0.15, -0.1) is 11.3 Å². The molecule has 0 saturated carbocycles. The van der Waals surface area contributed by atoms with Gasteiger partial charge in [0.25, 0.3) is 0 Å². The lowest BCUT2D eigenvalue weighted by Gasteiger charge is -2.15. The molecule has 0 atom stereocenters. The number of aromatic nitrogens is 2. The molecular weight excluding hydrogens is 424 g/mol. The van der Waals surface area contributed by atoms with Gasteiger partial charge in [0, 0.05) is 17.8 Å². The Morgan fingerprint density at radius 2 is 1.74 bits per heavy atom. The van der Waals surface area contributed by atoms with E-state index in [9.17, 15) is 18.0 Å². The van der Waals surface area contributed by atoms with Gasteiger partial charge in [-0.2, -0.15) is 13.2 Å². The third kappa shape index (κ3) is 4.32. The summed E-state index contributed by atoms with van der Waals surface area (Å²) in [7, 11) is 0. The molecule has 0 aliphatic carbocycles. The van der Waals surface area contributed by atoms with Gasteiger partial charge in [-0.3, -0.25) is 14.7 Å². The first-order valence-electron chi connectivity index (χ1n) is 7.23. The molecule has 11 heteroatoms. The van der Waals surface area contributed by atoms with Crippen LogP contribution in [0.1, 0.15) is 5.56 Å². The van der Waals surface area contributed by atoms with Gasteiger partial charge in [-0.25, -0.2) is 4.98 Å². The van der Waals surface area contributed by atoms with Gasteiger partial charge < -0.3 is 5.32 Å². The maximum atomic E-state index is 12.7. The number of amides is 1. The maximum absolute atomic E-state index is 12.7. The molecule has 0 fully saturated rings. The van der Waals surface area contributed by atoms with E-state index in [4.69, 9.17) is 23.2 Å². The predicted molar refractivity (Wildman–Crippen MR) is 99.3 cm³/mol. The first kappa shape index (κ1) is 19.4. The van der Waals surface area contributed by atoms with Crippen LogP contribution in [0.3, 0.4) is 0 Å². The van der Waals surface area contributed by atoms with Gasteiger partial charge in [0.1, 0.15) is 0 Å². The fourth-order valence-electron chi connectivity index (χ4n) is 2.13. The molecule has 3 aromatic rings. The number of carbonyl (C=O) groups excluding carboxylic acids is 1. The van der Waals surface area contributed by atoms with Crippen molar-refractivity contribution in [3.05, 3.63) is 57.6 Å². The van der Waals surface area contributed by atoms with Crippen molar-refractivity contribution in [2.45, 2.75) is 6.18 Å². The smallest absolute Gasteiger partial charge is 0.329 e. The Morgan fingerprint density at radius 3 is 2.30 bits per heavy atom. The number of nitrogens with one attached hydrogen (secondary N) is 1. The Bertz CT molecular complexity index is 943. The number of carbonyl (C=O) groups is 1. The van der Waals surface area contributed by atoms with Crippen molar-refractivity contribution in [3.63, 3.8) is 0 Å². The van der Waals surface area contributed by atoms with E-state index in [1.54, 1.807) is 5.38 Å². The highest BCUT2D eigenvalue weighted by Gasteiger charge is 2.30. The third-order valence-corrected chi connectivity index (χ3v) is 4.72. The number of hydrogen-bond acceptors (Lipinski definition) is 5. The summed E-state index contributed by atoms with van der Waals surface area (Å²) in [4.78, 5) is 20.7. The zero-order valence-electron chi connectivity index (χ0n) is 13.2. The molecule has 2 aromatic heterocycles. The normalized spacial score (nSPS) is 11.3. The molecule has 5 nitrogen and oxygen atoms in total. The number of pyridine rings is 1. The summed E-state index contributed by atoms with van der Waals surface area (Å²) in [6.45, 7) is 0. The molecule has 1 N–H and O–H groups in total. The van der Waals surface area contributed by atoms with E-state index in [1.165, 1.54) is 35.9 Å². The molecular formula is C16H9Cl2F3N4OS. The fourth-order valence-corrected chi connectivity index (χ4v) is 3.28. The molecule has 140 valence electrons. The van der Waals surface area contributed by atoms with Crippen LogP contribution in [0.15, 0.2) is 42.0 Å². The number of hydrogen-bond donors (Lipinski definition) is 1. The molecule has 1 amide bonds. The van der Waals surface area contributed by atoms with Crippen molar-refractivity contribution in [3.8, 4) is 0 Å². The van der Waals surface area contributed by atoms with Crippen LogP contribution in [-0.2, 0) is 11.0 Å². The first-order chi connectivity index (χ1) is 12.8. The summed E-state index contributed by atoms with van der Waals surface area (Å²) >= 11 is 13.2. The van der Waals surface area contributed by atoms with Crippen molar-refractivity contribution in [2.75, 3.05) is 10.2 Å². The first-order valence-corrected chi connectivity index (χ1v) is 8.86. The van der Waals surface area contributed by atoms with E-state index in [-0.39, 0.29) is 21.6 Å². The largest absolute Gasteiger partial charge is 0.416 e. The van der Waals surface area contributed by atoms with E-state index in [2.05, 4.69) is 15.3 Å². The minimum absolute atomic E-state index is 0.235. The van der Waals surface area contributed by atoms with Crippen LogP contribution in [0.25, 0.3) is 0 Å². The minimum atomic E-state index is -4.45. The fraction of sp³-hybridized carbons (Fsp3) is 0.0625. The number of halogens is 5. The third-order valence-electron chi connectivity index (χ3n) is 3.40. The second kappa shape index (κ2) is 7.71. The summed E-state index contributed by atoms with van der Waals surface area (Å²) in [5.41, 5.74) is -0.157. The van der Waals surface area contributed by atoms with E-state index >= 15 is 0 Å². The number of rotatable bonds is 5. The second-order valence-corrected chi connectivity index (χ2v) is 6.81. The summed E-state index contributed by atoms with van der Waals surface area (Å²) in [6.07, 6.45) is -1.17. The van der Waals surface area contributed by atoms with Crippen LogP contribution < -0.4 is 10.2 Å². The summed E-state index contributed by atoms with van der Waals surface area (Å²) in [5.74, 6) is 0.235. The Labute approximate surface area is 165 Å². The van der Waals surface area contributed by atoms with Crippen molar-refractivity contribution in [2.24, 2.45) is 0 Å². The lowest BCUT2D eigenvalue weighted by Crippen LogP contribution is -2.15. The van der Waals surface area contributed by atoms with Crippen molar-refractivity contribution >= 4 is 63.3 Å². The van der Waals surface area contributed by atoms with Crippen LogP contribution in [0.5, 0.6) is 0 Å². The monoisotopic (exact) mass is 432 g/mol. The maximum Gasteiger partial charge on any atom is 0.416 e. The molecule has 0 aliphatic heterocycles. The van der Waals surface area contributed by atoms with E-state index in [1.807, 2.05) is 0 Å². The van der Waals surface area contributed by atoms with E-state index < -0.39 is 11.7 Å². The van der Waals surface area contributed by atoms with E-state index in [0.29, 0.717) is 17.2 Å². The van der Waals surface area contributed by atoms with Crippen molar-refractivity contribution in [1.82, 2.24) is 9.97 Å². The molecule has 2 heterocycles. The highest BCUT2D eigenvalue weighted by atomic mass is 35.5. The van der Waals surface area contributed by atoms with Crippen molar-refractivity contribution in [1.29, 1.82) is 0 Å². The van der Waals surface area contributed by atoms with Crippen LogP contribution in [0, 0.1) is 0 Å². The zero-order chi connectivity index (χ0) is 19.6. The van der Waals surface area contributed by atoms with E-state index in [0.717, 1.165) is 17.0 Å². The SMILES string of the molecule is O=CN(c1ccc(C(F)(F)F)cc1)c1csc(Nc2c(Cl)cncc2Cl)n1. The second-order valence-electron chi connectivity index (χ2n) is 5.13. The average Bonchev–Trinajstić information content (AvgIpc) is 3.07. The number of benzene rings is 1. The number of thiazole rings is 1. The molecule has 0 radical (unpaired) electrons. The van der Waals surface area contributed by atoms with Gasteiger partial charge in [0.15, 0.2) is 10.9 Å². The topological polar surface area (TPSA) is 58.1 Å². The summed E-state index contributed by atoms with van der Waals surface area (Å²) < 4.78 is 38.0. The van der Waals surface area contributed by atoms with Crippen LogP contribution in [0.4, 0.5) is 35.5 Å². The highest BCUT2D eigenvalue weighted by molar-refractivity contribution is 7.14. The lowest BCUT2D eigenvalue weighted by atomic mass is 10.2. The Hall–Kier alpha value is -2.36. The summed E-state index contributed by atoms with van der Waals surface area (Å²) in [5, 5.41) is 5.46. The van der Waals surface area contributed by atoms with Crippen LogP contribution >= 0.6 is 34.5 Å². The standard InChI is InChI=1S/C16H9Cl2F3N4OS/c17-11-5-22-6-12(18)14(11)24-15-23-13(7-27-15)25(8-26)10-3-1-9(2-4-10)16(19,20)21/h1-8H,(H,22,23,24). The van der Waals surface area contributed by atoms with Crippen LogP contribution in [0.2, 0.25) is 10.0 Å². The lowest BCUT2D eigenvalue weighted by molar-refractivity contribution is -0.137. The molecule has 27 heavy (non-hydrogen) atoms. The predicted octanol–water partition coefficient (Wildman–Crippen LogP) is 5.90. The van der Waals surface area contributed by atoms with Crippen LogP contribution in [-0.4, -0.2) is 16.4 Å². The molecule has 3 rings (SSSR count). The van der Waals surface area contributed by atoms with Crippen molar-refractivity contribution < 1.29 is 18.0 Å². The highest BCUT2D eigenvalue weighted by Crippen LogP contribution is 2.35. The van der Waals surface area contributed by atoms with Gasteiger partial charge in [0.05, 0.1) is 27.0 Å². The molecule has 1 aromatic carbocycles. The Balaban J connectivity index is 1.84. The minimum Gasteiger partial charge on any atom is -0.329 e. The Morgan fingerprint density at radius 1 is 1.11 bits per heavy atom. The molecule has 0 unspecified atom stereocenters. The number of alkyl halides is 3. The van der Waals surface area contributed by atoms with Gasteiger partial charge >= 0.3 is 6.18 Å². The molecule has 0 aliphatic rings.